The maximum Gasteiger partial charge on any atom is 0.318 e. The number of morpholine rings is 1. The molecule has 1 aromatic rings. The van der Waals surface area contributed by atoms with Gasteiger partial charge in [-0.25, -0.2) is 4.79 Å². The predicted octanol–water partition coefficient (Wildman–Crippen LogP) is -0.455. The number of aliphatic hydroxyl groups excluding tert-OH is 1. The van der Waals surface area contributed by atoms with Crippen LogP contribution >= 0.6 is 0 Å². The zero-order valence-electron chi connectivity index (χ0n) is 36.0. The van der Waals surface area contributed by atoms with E-state index in [2.05, 4.69) is 26.6 Å². The normalized spacial score (nSPS) is 17.6. The van der Waals surface area contributed by atoms with Crippen LogP contribution in [0.15, 0.2) is 23.8 Å². The van der Waals surface area contributed by atoms with Crippen LogP contribution in [0.25, 0.3) is 5.76 Å². The molecule has 7 amide bonds. The van der Waals surface area contributed by atoms with Crippen molar-refractivity contribution in [3.05, 3.63) is 34.9 Å². The van der Waals surface area contributed by atoms with Crippen LogP contribution in [0.4, 0.5) is 4.79 Å². The van der Waals surface area contributed by atoms with Crippen molar-refractivity contribution in [1.82, 2.24) is 31.5 Å². The largest absolute Gasteiger partial charge is 0.492 e. The molecule has 2 heterocycles. The molecular formula is C42H62N8O12. The highest BCUT2D eigenvalue weighted by Crippen LogP contribution is 2.42. The number of benzene rings is 1. The number of fused-ring (bicyclic) bond motifs is 2. The van der Waals surface area contributed by atoms with E-state index in [4.69, 9.17) is 25.7 Å². The lowest BCUT2D eigenvalue weighted by Gasteiger charge is -2.36. The van der Waals surface area contributed by atoms with Crippen LogP contribution in [0.1, 0.15) is 95.0 Å². The summed E-state index contributed by atoms with van der Waals surface area (Å²) in [5.74, 6) is -4.38. The average Bonchev–Trinajstić information content (AvgIpc) is 3.23. The lowest BCUT2D eigenvalue weighted by molar-refractivity contribution is -0.134. The molecular weight excluding hydrogens is 809 g/mol. The molecule has 62 heavy (non-hydrogen) atoms. The van der Waals surface area contributed by atoms with Crippen molar-refractivity contribution in [1.29, 1.82) is 0 Å². The number of hydrogen-bond donors (Lipinski definition) is 8. The number of rotatable bonds is 22. The molecule has 4 rings (SSSR count). The number of hydrogen-bond acceptors (Lipinski definition) is 13. The highest BCUT2D eigenvalue weighted by Gasteiger charge is 2.40. The second-order valence-corrected chi connectivity index (χ2v) is 16.6. The third-order valence-electron chi connectivity index (χ3n) is 10.6. The first-order chi connectivity index (χ1) is 29.4. The number of Topliss-reactive ketones (excluding diaryl/α,β-unsaturated/α-hetero) is 2. The van der Waals surface area contributed by atoms with E-state index in [9.17, 15) is 43.5 Å². The van der Waals surface area contributed by atoms with Gasteiger partial charge in [0.15, 0.2) is 0 Å². The molecule has 1 fully saturated rings. The predicted molar refractivity (Wildman–Crippen MR) is 224 cm³/mol. The van der Waals surface area contributed by atoms with Crippen molar-refractivity contribution in [2.75, 3.05) is 52.6 Å². The van der Waals surface area contributed by atoms with Crippen molar-refractivity contribution in [3.8, 4) is 5.75 Å². The molecule has 20 nitrogen and oxygen atoms in total. The molecule has 1 aromatic carbocycles. The highest BCUT2D eigenvalue weighted by molar-refractivity contribution is 6.52. The van der Waals surface area contributed by atoms with E-state index in [0.717, 1.165) is 0 Å². The summed E-state index contributed by atoms with van der Waals surface area (Å²) in [7, 11) is 0. The smallest absolute Gasteiger partial charge is 0.318 e. The van der Waals surface area contributed by atoms with E-state index in [1.54, 1.807) is 12.1 Å². The number of amides is 7. The number of urea groups is 1. The van der Waals surface area contributed by atoms with Crippen molar-refractivity contribution in [3.63, 3.8) is 0 Å². The lowest BCUT2D eigenvalue weighted by atomic mass is 9.82. The molecule has 342 valence electrons. The molecule has 4 unspecified atom stereocenters. The molecule has 0 aromatic heterocycles. The molecule has 0 radical (unpaired) electrons. The number of nitrogens with zero attached hydrogens (tertiary/aromatic N) is 1. The van der Waals surface area contributed by atoms with Crippen molar-refractivity contribution in [2.24, 2.45) is 17.4 Å². The number of unbranched alkanes of at least 4 members (excludes halogenated alkanes) is 1. The third-order valence-corrected chi connectivity index (χ3v) is 10.6. The molecule has 0 saturated carbocycles. The zero-order valence-corrected chi connectivity index (χ0v) is 36.0. The number of allylic oxidation sites excluding steroid dienone is 1. The van der Waals surface area contributed by atoms with Gasteiger partial charge in [0.1, 0.15) is 47.9 Å². The van der Waals surface area contributed by atoms with E-state index >= 15 is 0 Å². The number of carbonyl (C=O) groups excluding carboxylic acids is 8. The maximum atomic E-state index is 13.8. The first kappa shape index (κ1) is 49.1. The first-order valence-corrected chi connectivity index (χ1v) is 21.1. The van der Waals surface area contributed by atoms with Gasteiger partial charge in [-0.1, -0.05) is 13.8 Å². The number of ether oxygens (including phenoxy) is 3. The van der Waals surface area contributed by atoms with Crippen LogP contribution in [-0.4, -0.2) is 140 Å². The summed E-state index contributed by atoms with van der Waals surface area (Å²) in [6.45, 7) is 8.16. The molecule has 1 aliphatic carbocycles. The van der Waals surface area contributed by atoms with Gasteiger partial charge in [-0.05, 0) is 89.5 Å². The minimum Gasteiger partial charge on any atom is -0.492 e. The fourth-order valence-corrected chi connectivity index (χ4v) is 7.13. The van der Waals surface area contributed by atoms with Gasteiger partial charge in [-0.3, -0.25) is 33.6 Å². The Morgan fingerprint density at radius 3 is 2.15 bits per heavy atom. The van der Waals surface area contributed by atoms with Crippen molar-refractivity contribution in [2.45, 2.75) is 109 Å². The number of primary amides is 1. The molecule has 1 saturated heterocycles. The molecule has 0 spiro atoms. The summed E-state index contributed by atoms with van der Waals surface area (Å²) >= 11 is 0. The molecule has 10 N–H and O–H groups in total. The van der Waals surface area contributed by atoms with Gasteiger partial charge in [0.2, 0.25) is 41.1 Å². The fraction of sp³-hybridized carbons (Fsp3) is 0.619. The average molecular weight is 871 g/mol. The van der Waals surface area contributed by atoms with Crippen LogP contribution in [-0.2, 0) is 38.2 Å². The Bertz CT molecular complexity index is 1860. The Morgan fingerprint density at radius 2 is 1.50 bits per heavy atom. The van der Waals surface area contributed by atoms with Crippen molar-refractivity contribution < 1.29 is 57.7 Å². The minimum absolute atomic E-state index is 0.0591. The van der Waals surface area contributed by atoms with Crippen LogP contribution in [0, 0.1) is 5.92 Å². The second kappa shape index (κ2) is 23.0. The van der Waals surface area contributed by atoms with Crippen molar-refractivity contribution >= 4 is 52.9 Å². The molecule has 2 aliphatic heterocycles. The number of nitrogens with one attached hydrogen (secondary N) is 5. The second-order valence-electron chi connectivity index (χ2n) is 16.6. The fourth-order valence-electron chi connectivity index (χ4n) is 7.13. The summed E-state index contributed by atoms with van der Waals surface area (Å²) in [6.07, 6.45) is 1.82. The van der Waals surface area contributed by atoms with E-state index in [-0.39, 0.29) is 56.1 Å². The Kier molecular flexibility index (Phi) is 18.2. The van der Waals surface area contributed by atoms with Crippen LogP contribution in [0.5, 0.6) is 5.75 Å². The molecule has 20 heteroatoms. The number of nitrogens with two attached hydrogens (primary N) is 2. The van der Waals surface area contributed by atoms with Gasteiger partial charge in [-0.15, -0.1) is 0 Å². The standard InChI is InChI=1S/C42H62N8O12/c1-24(2)21-31(48-38(56)29(7-5-6-14-43)46-40(58)32(23-51)49-41(59)50-16-19-60-20-17-50)39(57)47-30(10-11-33(44)52)37(55)45-15-18-61-25-8-9-26-28(22-25)35(54)34(53)27-12-13-42(3,4)62-36(26)27/h8-9,22,24,29-32,51H,5-7,10-21,23,43H2,1-4H3,(H2,44,52)(H,45,55)(H,46,58)(H,47,57)(H,48,56)(H,49,59). The zero-order chi connectivity index (χ0) is 45.6. The number of aliphatic hydroxyl groups is 1. The van der Waals surface area contributed by atoms with E-state index in [1.165, 1.54) is 11.0 Å². The van der Waals surface area contributed by atoms with Gasteiger partial charge in [0, 0.05) is 36.2 Å². The van der Waals surface area contributed by atoms with Crippen LogP contribution < -0.4 is 42.8 Å². The molecule has 4 atom stereocenters. The Morgan fingerprint density at radius 1 is 0.855 bits per heavy atom. The lowest BCUT2D eigenvalue weighted by Crippen LogP contribution is -2.60. The topological polar surface area (TPSA) is 300 Å². The van der Waals surface area contributed by atoms with E-state index in [1.807, 2.05) is 27.7 Å². The molecule has 0 bridgehead atoms. The number of carbonyl (C=O) groups is 8. The minimum atomic E-state index is -1.38. The van der Waals surface area contributed by atoms with Gasteiger partial charge in [-0.2, -0.15) is 0 Å². The van der Waals surface area contributed by atoms with Gasteiger partial charge in [0.25, 0.3) is 0 Å². The van der Waals surface area contributed by atoms with Crippen LogP contribution in [0.2, 0.25) is 0 Å². The summed E-state index contributed by atoms with van der Waals surface area (Å²) in [6, 6.07) is -0.845. The summed E-state index contributed by atoms with van der Waals surface area (Å²) in [5.41, 5.74) is 11.6. The van der Waals surface area contributed by atoms with Gasteiger partial charge in [0.05, 0.1) is 26.4 Å². The Balaban J connectivity index is 1.39. The van der Waals surface area contributed by atoms with Gasteiger partial charge >= 0.3 is 6.03 Å². The van der Waals surface area contributed by atoms with Crippen LogP contribution in [0.3, 0.4) is 0 Å². The van der Waals surface area contributed by atoms with E-state index < -0.39 is 83.5 Å². The summed E-state index contributed by atoms with van der Waals surface area (Å²) < 4.78 is 17.2. The Labute approximate surface area is 360 Å². The quantitative estimate of drug-likeness (QED) is 0.0542. The summed E-state index contributed by atoms with van der Waals surface area (Å²) in [5, 5.41) is 23.0. The first-order valence-electron chi connectivity index (χ1n) is 21.1. The van der Waals surface area contributed by atoms with Gasteiger partial charge < -0.3 is 62.3 Å². The summed E-state index contributed by atoms with van der Waals surface area (Å²) in [4.78, 5) is 106. The number of ketones is 2. The highest BCUT2D eigenvalue weighted by atomic mass is 16.5. The van der Waals surface area contributed by atoms with E-state index in [0.29, 0.717) is 75.4 Å². The Hall–Kier alpha value is -5.60. The SMILES string of the molecule is CC(C)CC(NC(=O)C(CCCCN)NC(=O)C(CO)NC(=O)N1CCOCC1)C(=O)NC(CCC(N)=O)C(=O)NCCOc1ccc2c(c1)C(=O)C(=O)C1=C2OC(C)(C)CC1. The molecule has 3 aliphatic rings. The maximum absolute atomic E-state index is 13.8. The third kappa shape index (κ3) is 14.0. The monoisotopic (exact) mass is 870 g/mol.